The Labute approximate surface area is 124 Å². The van der Waals surface area contributed by atoms with Gasteiger partial charge in [0, 0.05) is 6.42 Å². The summed E-state index contributed by atoms with van der Waals surface area (Å²) in [7, 11) is 0. The number of para-hydroxylation sites is 2. The Morgan fingerprint density at radius 3 is 2.19 bits per heavy atom. The van der Waals surface area contributed by atoms with Gasteiger partial charge < -0.3 is 9.47 Å². The monoisotopic (exact) mass is 294 g/mol. The van der Waals surface area contributed by atoms with Crippen LogP contribution >= 0.6 is 0 Å². The van der Waals surface area contributed by atoms with Gasteiger partial charge in [-0.3, -0.25) is 20.4 Å². The summed E-state index contributed by atoms with van der Waals surface area (Å²) in [6, 6.07) is 7.10. The van der Waals surface area contributed by atoms with Gasteiger partial charge in [0.05, 0.1) is 6.61 Å². The number of nitrogens with one attached hydrogen (secondary N) is 2. The Kier molecular flexibility index (Phi) is 7.08. The Hall–Kier alpha value is -2.24. The van der Waals surface area contributed by atoms with Crippen LogP contribution in [0.15, 0.2) is 24.3 Å². The first-order chi connectivity index (χ1) is 10.0. The van der Waals surface area contributed by atoms with E-state index in [1.807, 2.05) is 26.8 Å². The predicted molar refractivity (Wildman–Crippen MR) is 78.8 cm³/mol. The van der Waals surface area contributed by atoms with E-state index in [1.54, 1.807) is 18.2 Å². The van der Waals surface area contributed by atoms with E-state index < -0.39 is 5.91 Å². The molecule has 2 N–H and O–H groups in total. The number of hydrazine groups is 1. The highest BCUT2D eigenvalue weighted by atomic mass is 16.5. The molecule has 1 aromatic rings. The van der Waals surface area contributed by atoms with Gasteiger partial charge in [-0.2, -0.15) is 0 Å². The minimum absolute atomic E-state index is 0.202. The van der Waals surface area contributed by atoms with Crippen LogP contribution in [0, 0.1) is 5.92 Å². The Balaban J connectivity index is 2.38. The third-order valence-corrected chi connectivity index (χ3v) is 2.44. The van der Waals surface area contributed by atoms with E-state index in [0.717, 1.165) is 0 Å². The summed E-state index contributed by atoms with van der Waals surface area (Å²) in [6.07, 6.45) is 0.355. The average Bonchev–Trinajstić information content (AvgIpc) is 2.44. The Bertz CT molecular complexity index is 474. The van der Waals surface area contributed by atoms with E-state index in [2.05, 4.69) is 10.9 Å². The number of hydrogen-bond acceptors (Lipinski definition) is 4. The van der Waals surface area contributed by atoms with Gasteiger partial charge in [0.15, 0.2) is 18.1 Å². The minimum atomic E-state index is -0.432. The first-order valence-corrected chi connectivity index (χ1v) is 6.95. The third-order valence-electron chi connectivity index (χ3n) is 2.44. The van der Waals surface area contributed by atoms with Crippen LogP contribution in [0.5, 0.6) is 11.5 Å². The molecule has 0 saturated carbocycles. The molecule has 1 aromatic carbocycles. The molecule has 0 aromatic heterocycles. The lowest BCUT2D eigenvalue weighted by molar-refractivity contribution is -0.130. The van der Waals surface area contributed by atoms with Crippen molar-refractivity contribution in [3.05, 3.63) is 24.3 Å². The van der Waals surface area contributed by atoms with Crippen LogP contribution in [0.4, 0.5) is 0 Å². The molecule has 6 heteroatoms. The molecule has 116 valence electrons. The number of amides is 2. The molecule has 0 fully saturated rings. The summed E-state index contributed by atoms with van der Waals surface area (Å²) in [5, 5.41) is 0. The zero-order chi connectivity index (χ0) is 15.7. The zero-order valence-electron chi connectivity index (χ0n) is 12.6. The lowest BCUT2D eigenvalue weighted by Gasteiger charge is -2.12. The quantitative estimate of drug-likeness (QED) is 0.750. The molecule has 2 amide bonds. The highest BCUT2D eigenvalue weighted by Crippen LogP contribution is 2.26. The third kappa shape index (κ3) is 6.65. The lowest BCUT2D eigenvalue weighted by atomic mass is 10.1. The molecular weight excluding hydrogens is 272 g/mol. The van der Waals surface area contributed by atoms with Crippen LogP contribution in [0.25, 0.3) is 0 Å². The van der Waals surface area contributed by atoms with Gasteiger partial charge >= 0.3 is 0 Å². The number of carbonyl (C=O) groups is 2. The fourth-order valence-corrected chi connectivity index (χ4v) is 1.58. The van der Waals surface area contributed by atoms with E-state index in [1.165, 1.54) is 0 Å². The lowest BCUT2D eigenvalue weighted by Crippen LogP contribution is -2.44. The van der Waals surface area contributed by atoms with Gasteiger partial charge in [0.2, 0.25) is 5.91 Å². The van der Waals surface area contributed by atoms with E-state index in [4.69, 9.17) is 9.47 Å². The van der Waals surface area contributed by atoms with Crippen LogP contribution in [0.1, 0.15) is 27.2 Å². The van der Waals surface area contributed by atoms with E-state index in [-0.39, 0.29) is 18.4 Å². The van der Waals surface area contributed by atoms with Gasteiger partial charge in [0.1, 0.15) is 0 Å². The van der Waals surface area contributed by atoms with Gasteiger partial charge in [-0.05, 0) is 25.0 Å². The molecule has 0 atom stereocenters. The minimum Gasteiger partial charge on any atom is -0.490 e. The van der Waals surface area contributed by atoms with Crippen molar-refractivity contribution in [3.8, 4) is 11.5 Å². The van der Waals surface area contributed by atoms with E-state index in [9.17, 15) is 9.59 Å². The first-order valence-electron chi connectivity index (χ1n) is 6.95. The highest BCUT2D eigenvalue weighted by Gasteiger charge is 2.09. The molecular formula is C15H22N2O4. The smallest absolute Gasteiger partial charge is 0.276 e. The van der Waals surface area contributed by atoms with Gasteiger partial charge in [-0.1, -0.05) is 26.0 Å². The molecule has 1 rings (SSSR count). The van der Waals surface area contributed by atoms with Crippen molar-refractivity contribution >= 4 is 11.8 Å². The van der Waals surface area contributed by atoms with Crippen molar-refractivity contribution in [1.29, 1.82) is 0 Å². The van der Waals surface area contributed by atoms with Crippen LogP contribution in [-0.4, -0.2) is 25.0 Å². The van der Waals surface area contributed by atoms with Crippen LogP contribution < -0.4 is 20.3 Å². The molecule has 0 unspecified atom stereocenters. The number of ether oxygens (including phenoxy) is 2. The zero-order valence-corrected chi connectivity index (χ0v) is 12.6. The fraction of sp³-hybridized carbons (Fsp3) is 0.467. The standard InChI is InChI=1S/C15H22N2O4/c1-4-20-12-7-5-6-8-13(12)21-10-15(19)17-16-14(18)9-11(2)3/h5-8,11H,4,9-10H2,1-3H3,(H,16,18)(H,17,19). The molecule has 0 aliphatic carbocycles. The summed E-state index contributed by atoms with van der Waals surface area (Å²) >= 11 is 0. The van der Waals surface area contributed by atoms with Crippen molar-refractivity contribution < 1.29 is 19.1 Å². The van der Waals surface area contributed by atoms with Crippen molar-refractivity contribution in [1.82, 2.24) is 10.9 Å². The first kappa shape index (κ1) is 16.8. The fourth-order valence-electron chi connectivity index (χ4n) is 1.58. The van der Waals surface area contributed by atoms with Crippen molar-refractivity contribution in [2.24, 2.45) is 5.92 Å². The maximum Gasteiger partial charge on any atom is 0.276 e. The maximum atomic E-state index is 11.6. The molecule has 6 nitrogen and oxygen atoms in total. The molecule has 0 saturated heterocycles. The van der Waals surface area contributed by atoms with Crippen LogP contribution in [-0.2, 0) is 9.59 Å². The number of hydrogen-bond donors (Lipinski definition) is 2. The summed E-state index contributed by atoms with van der Waals surface area (Å²) in [5.74, 6) is 0.641. The van der Waals surface area contributed by atoms with E-state index >= 15 is 0 Å². The van der Waals surface area contributed by atoms with Crippen LogP contribution in [0.2, 0.25) is 0 Å². The summed E-state index contributed by atoms with van der Waals surface area (Å²) in [6.45, 7) is 6.03. The van der Waals surface area contributed by atoms with E-state index in [0.29, 0.717) is 24.5 Å². The molecule has 0 aliphatic rings. The number of carbonyl (C=O) groups excluding carboxylic acids is 2. The van der Waals surface area contributed by atoms with Crippen molar-refractivity contribution in [2.75, 3.05) is 13.2 Å². The highest BCUT2D eigenvalue weighted by molar-refractivity contribution is 5.82. The second kappa shape index (κ2) is 8.84. The molecule has 0 bridgehead atoms. The molecule has 0 spiro atoms. The molecule has 21 heavy (non-hydrogen) atoms. The van der Waals surface area contributed by atoms with Crippen LogP contribution in [0.3, 0.4) is 0 Å². The summed E-state index contributed by atoms with van der Waals surface area (Å²) < 4.78 is 10.8. The topological polar surface area (TPSA) is 76.7 Å². The average molecular weight is 294 g/mol. The SMILES string of the molecule is CCOc1ccccc1OCC(=O)NNC(=O)CC(C)C. The van der Waals surface area contributed by atoms with Gasteiger partial charge in [-0.15, -0.1) is 0 Å². The second-order valence-corrected chi connectivity index (χ2v) is 4.86. The predicted octanol–water partition coefficient (Wildman–Crippen LogP) is 1.66. The van der Waals surface area contributed by atoms with Crippen molar-refractivity contribution in [3.63, 3.8) is 0 Å². The summed E-state index contributed by atoms with van der Waals surface area (Å²) in [4.78, 5) is 23.0. The maximum absolute atomic E-state index is 11.6. The largest absolute Gasteiger partial charge is 0.490 e. The van der Waals surface area contributed by atoms with Gasteiger partial charge in [-0.25, -0.2) is 0 Å². The molecule has 0 aliphatic heterocycles. The van der Waals surface area contributed by atoms with Crippen molar-refractivity contribution in [2.45, 2.75) is 27.2 Å². The second-order valence-electron chi connectivity index (χ2n) is 4.86. The number of benzene rings is 1. The Morgan fingerprint density at radius 1 is 1.05 bits per heavy atom. The Morgan fingerprint density at radius 2 is 1.62 bits per heavy atom. The van der Waals surface area contributed by atoms with Gasteiger partial charge in [0.25, 0.3) is 5.91 Å². The number of rotatable bonds is 7. The summed E-state index contributed by atoms with van der Waals surface area (Å²) in [5.41, 5.74) is 4.65. The molecule has 0 heterocycles. The molecule has 0 radical (unpaired) electrons. The normalized spacial score (nSPS) is 10.1.